The fraction of sp³-hybridized carbons (Fsp3) is 0.333. The Kier molecular flexibility index (Phi) is 5.21. The lowest BCUT2D eigenvalue weighted by Crippen LogP contribution is -2.45. The van der Waals surface area contributed by atoms with Crippen LogP contribution in [0.25, 0.3) is 0 Å². The second-order valence-electron chi connectivity index (χ2n) is 5.77. The van der Waals surface area contributed by atoms with Crippen LogP contribution in [0.15, 0.2) is 40.8 Å². The maximum atomic E-state index is 12.4. The predicted molar refractivity (Wildman–Crippen MR) is 88.0 cm³/mol. The maximum absolute atomic E-state index is 12.4. The highest BCUT2D eigenvalue weighted by molar-refractivity contribution is 5.97. The van der Waals surface area contributed by atoms with Gasteiger partial charge in [-0.1, -0.05) is 17.7 Å². The number of hydrogen-bond donors (Lipinski definition) is 1. The molecule has 0 saturated heterocycles. The van der Waals surface area contributed by atoms with Gasteiger partial charge in [0.25, 0.3) is 5.91 Å². The molecule has 1 aromatic heterocycles. The first-order chi connectivity index (χ1) is 10.9. The van der Waals surface area contributed by atoms with Crippen LogP contribution in [0, 0.1) is 13.8 Å². The smallest absolute Gasteiger partial charge is 0.251 e. The molecule has 0 saturated carbocycles. The summed E-state index contributed by atoms with van der Waals surface area (Å²) in [7, 11) is 1.69. The molecule has 1 aromatic carbocycles. The zero-order chi connectivity index (χ0) is 17.0. The molecule has 23 heavy (non-hydrogen) atoms. The third kappa shape index (κ3) is 4.45. The average molecular weight is 314 g/mol. The molecule has 2 aromatic rings. The summed E-state index contributed by atoms with van der Waals surface area (Å²) in [6.45, 7) is 5.83. The van der Waals surface area contributed by atoms with Crippen LogP contribution in [0.5, 0.6) is 0 Å². The van der Waals surface area contributed by atoms with E-state index >= 15 is 0 Å². The Balaban J connectivity index is 1.95. The molecule has 0 radical (unpaired) electrons. The topological polar surface area (TPSA) is 62.6 Å². The summed E-state index contributed by atoms with van der Waals surface area (Å²) >= 11 is 0. The van der Waals surface area contributed by atoms with Crippen molar-refractivity contribution in [3.63, 3.8) is 0 Å². The average Bonchev–Trinajstić information content (AvgIpc) is 2.91. The van der Waals surface area contributed by atoms with Crippen LogP contribution in [0.4, 0.5) is 0 Å². The number of rotatable bonds is 5. The van der Waals surface area contributed by atoms with Crippen molar-refractivity contribution in [3.8, 4) is 0 Å². The monoisotopic (exact) mass is 314 g/mol. The molecule has 1 N–H and O–H groups in total. The Morgan fingerprint density at radius 3 is 2.57 bits per heavy atom. The van der Waals surface area contributed by atoms with Crippen LogP contribution in [-0.2, 0) is 11.3 Å². The highest BCUT2D eigenvalue weighted by Crippen LogP contribution is 2.10. The molecular weight excluding hydrogens is 292 g/mol. The number of nitrogens with one attached hydrogen (secondary N) is 1. The van der Waals surface area contributed by atoms with Crippen molar-refractivity contribution in [2.75, 3.05) is 7.05 Å². The van der Waals surface area contributed by atoms with Crippen LogP contribution < -0.4 is 5.32 Å². The quantitative estimate of drug-likeness (QED) is 0.923. The number of furan rings is 1. The van der Waals surface area contributed by atoms with Crippen LogP contribution in [-0.4, -0.2) is 29.8 Å². The molecule has 5 nitrogen and oxygen atoms in total. The van der Waals surface area contributed by atoms with Gasteiger partial charge in [0.05, 0.1) is 6.54 Å². The van der Waals surface area contributed by atoms with E-state index in [-0.39, 0.29) is 11.8 Å². The maximum Gasteiger partial charge on any atom is 0.251 e. The van der Waals surface area contributed by atoms with E-state index in [1.54, 1.807) is 31.0 Å². The van der Waals surface area contributed by atoms with Gasteiger partial charge in [0.15, 0.2) is 0 Å². The summed E-state index contributed by atoms with van der Waals surface area (Å²) < 4.78 is 5.47. The van der Waals surface area contributed by atoms with Gasteiger partial charge in [-0.3, -0.25) is 9.59 Å². The number of carbonyl (C=O) groups excluding carboxylic acids is 2. The van der Waals surface area contributed by atoms with E-state index in [2.05, 4.69) is 5.32 Å². The van der Waals surface area contributed by atoms with Crippen molar-refractivity contribution in [3.05, 3.63) is 59.0 Å². The van der Waals surface area contributed by atoms with E-state index < -0.39 is 6.04 Å². The number of benzene rings is 1. The molecule has 122 valence electrons. The second-order valence-corrected chi connectivity index (χ2v) is 5.77. The van der Waals surface area contributed by atoms with Gasteiger partial charge in [0, 0.05) is 12.6 Å². The number of likely N-dealkylation sites (N-methyl/N-ethyl adjacent to an activating group) is 1. The van der Waals surface area contributed by atoms with Crippen molar-refractivity contribution in [2.45, 2.75) is 33.4 Å². The largest absolute Gasteiger partial charge is 0.464 e. The summed E-state index contributed by atoms with van der Waals surface area (Å²) in [6, 6.07) is 10.4. The van der Waals surface area contributed by atoms with Gasteiger partial charge in [-0.25, -0.2) is 0 Å². The number of aryl methyl sites for hydroxylation is 2. The summed E-state index contributed by atoms with van der Waals surface area (Å²) in [5.74, 6) is 1.11. The normalized spacial score (nSPS) is 11.8. The molecule has 0 aliphatic rings. The Hall–Kier alpha value is -2.56. The first-order valence-electron chi connectivity index (χ1n) is 7.54. The summed E-state index contributed by atoms with van der Waals surface area (Å²) in [5, 5.41) is 2.73. The molecule has 2 amide bonds. The first kappa shape index (κ1) is 16.8. The minimum Gasteiger partial charge on any atom is -0.464 e. The van der Waals surface area contributed by atoms with Crippen molar-refractivity contribution in [1.82, 2.24) is 10.2 Å². The number of carbonyl (C=O) groups is 2. The van der Waals surface area contributed by atoms with Gasteiger partial charge in [-0.15, -0.1) is 0 Å². The Bertz CT molecular complexity index is 706. The molecule has 1 atom stereocenters. The van der Waals surface area contributed by atoms with Gasteiger partial charge in [0.2, 0.25) is 5.91 Å². The minimum atomic E-state index is -0.607. The summed E-state index contributed by atoms with van der Waals surface area (Å²) in [5.41, 5.74) is 1.55. The summed E-state index contributed by atoms with van der Waals surface area (Å²) in [6.07, 6.45) is 0. The molecular formula is C18H22N2O3. The van der Waals surface area contributed by atoms with E-state index in [0.717, 1.165) is 17.1 Å². The minimum absolute atomic E-state index is 0.167. The fourth-order valence-corrected chi connectivity index (χ4v) is 2.34. The lowest BCUT2D eigenvalue weighted by Gasteiger charge is -2.21. The van der Waals surface area contributed by atoms with Gasteiger partial charge in [-0.2, -0.15) is 0 Å². The number of nitrogens with zero attached hydrogens (tertiary/aromatic N) is 1. The van der Waals surface area contributed by atoms with Gasteiger partial charge < -0.3 is 14.6 Å². The molecule has 0 aliphatic heterocycles. The lowest BCUT2D eigenvalue weighted by atomic mass is 10.1. The fourth-order valence-electron chi connectivity index (χ4n) is 2.34. The Morgan fingerprint density at radius 2 is 1.96 bits per heavy atom. The van der Waals surface area contributed by atoms with Gasteiger partial charge in [-0.05, 0) is 45.0 Å². The SMILES string of the molecule is Cc1cccc(C(=O)NC(C)C(=O)N(C)Cc2ccc(C)o2)c1. The van der Waals surface area contributed by atoms with Crippen molar-refractivity contribution in [2.24, 2.45) is 0 Å². The molecule has 0 spiro atoms. The van der Waals surface area contributed by atoms with Crippen LogP contribution in [0.1, 0.15) is 34.4 Å². The Labute approximate surface area is 136 Å². The molecule has 0 aliphatic carbocycles. The lowest BCUT2D eigenvalue weighted by molar-refractivity contribution is -0.132. The highest BCUT2D eigenvalue weighted by Gasteiger charge is 2.21. The summed E-state index contributed by atoms with van der Waals surface area (Å²) in [4.78, 5) is 26.1. The zero-order valence-corrected chi connectivity index (χ0v) is 13.9. The molecule has 0 bridgehead atoms. The van der Waals surface area contributed by atoms with E-state index in [4.69, 9.17) is 4.42 Å². The zero-order valence-electron chi connectivity index (χ0n) is 13.9. The van der Waals surface area contributed by atoms with Crippen LogP contribution in [0.3, 0.4) is 0 Å². The predicted octanol–water partition coefficient (Wildman–Crippen LogP) is 2.67. The van der Waals surface area contributed by atoms with Crippen LogP contribution in [0.2, 0.25) is 0 Å². The molecule has 0 fully saturated rings. The van der Waals surface area contributed by atoms with E-state index in [9.17, 15) is 9.59 Å². The number of amides is 2. The van der Waals surface area contributed by atoms with E-state index in [1.165, 1.54) is 0 Å². The molecule has 5 heteroatoms. The molecule has 1 unspecified atom stereocenters. The molecule has 2 rings (SSSR count). The Morgan fingerprint density at radius 1 is 1.22 bits per heavy atom. The standard InChI is InChI=1S/C18H22N2O3/c1-12-6-5-7-15(10-12)17(21)19-14(3)18(22)20(4)11-16-9-8-13(2)23-16/h5-10,14H,11H2,1-4H3,(H,19,21). The van der Waals surface area contributed by atoms with E-state index in [1.807, 2.05) is 38.1 Å². The highest BCUT2D eigenvalue weighted by atomic mass is 16.3. The van der Waals surface area contributed by atoms with Gasteiger partial charge >= 0.3 is 0 Å². The van der Waals surface area contributed by atoms with Crippen LogP contribution >= 0.6 is 0 Å². The van der Waals surface area contributed by atoms with Gasteiger partial charge in [0.1, 0.15) is 17.6 Å². The third-order valence-corrected chi connectivity index (χ3v) is 3.56. The second kappa shape index (κ2) is 7.13. The van der Waals surface area contributed by atoms with Crippen molar-refractivity contribution < 1.29 is 14.0 Å². The van der Waals surface area contributed by atoms with Crippen molar-refractivity contribution in [1.29, 1.82) is 0 Å². The third-order valence-electron chi connectivity index (χ3n) is 3.56. The number of hydrogen-bond acceptors (Lipinski definition) is 3. The van der Waals surface area contributed by atoms with Crippen molar-refractivity contribution >= 4 is 11.8 Å². The van der Waals surface area contributed by atoms with E-state index in [0.29, 0.717) is 12.1 Å². The first-order valence-corrected chi connectivity index (χ1v) is 7.54. The molecule has 1 heterocycles.